The van der Waals surface area contributed by atoms with Gasteiger partial charge < -0.3 is 14.4 Å². The minimum Gasteiger partial charge on any atom is -0.496 e. The Morgan fingerprint density at radius 1 is 0.904 bits per heavy atom. The summed E-state index contributed by atoms with van der Waals surface area (Å²) < 4.78 is 12.4. The Morgan fingerprint density at radius 3 is 2.21 bits per heavy atom. The van der Waals surface area contributed by atoms with E-state index in [0.29, 0.717) is 16.9 Å². The fraction of sp³-hybridized carbons (Fsp3) is 0.447. The third-order valence-corrected chi connectivity index (χ3v) is 10.3. The summed E-state index contributed by atoms with van der Waals surface area (Å²) in [6.45, 7) is 17.3. The van der Waals surface area contributed by atoms with Crippen molar-refractivity contribution < 1.29 is 9.47 Å². The molecule has 1 heterocycles. The van der Waals surface area contributed by atoms with Crippen LogP contribution in [0, 0.1) is 28.1 Å². The van der Waals surface area contributed by atoms with Crippen LogP contribution in [0.25, 0.3) is 6.08 Å². The molecule has 0 saturated heterocycles. The van der Waals surface area contributed by atoms with E-state index in [-0.39, 0.29) is 5.41 Å². The van der Waals surface area contributed by atoms with Gasteiger partial charge in [0.15, 0.2) is 11.4 Å². The van der Waals surface area contributed by atoms with Crippen molar-refractivity contribution in [2.24, 2.45) is 5.41 Å². The first kappa shape index (κ1) is 40.0. The second-order valence-electron chi connectivity index (χ2n) is 15.1. The van der Waals surface area contributed by atoms with Gasteiger partial charge in [0.25, 0.3) is 0 Å². The maximum atomic E-state index is 10.3. The van der Waals surface area contributed by atoms with Crippen LogP contribution in [0.2, 0.25) is 0 Å². The van der Waals surface area contributed by atoms with Gasteiger partial charge in [0.2, 0.25) is 0 Å². The molecular formula is C47H59N3O2. The molecule has 4 rings (SSSR count). The topological polar surface area (TPSA) is 69.3 Å². The predicted octanol–water partition coefficient (Wildman–Crippen LogP) is 12.5. The molecule has 1 atom stereocenters. The van der Waals surface area contributed by atoms with Gasteiger partial charge in [0.1, 0.15) is 17.4 Å². The van der Waals surface area contributed by atoms with Gasteiger partial charge in [-0.1, -0.05) is 115 Å². The molecule has 274 valence electrons. The molecule has 0 radical (unpaired) electrons. The molecule has 2 aromatic rings. The van der Waals surface area contributed by atoms with Crippen LogP contribution in [0.5, 0.6) is 5.75 Å². The van der Waals surface area contributed by atoms with Crippen LogP contribution in [-0.4, -0.2) is 20.2 Å². The molecule has 0 saturated carbocycles. The van der Waals surface area contributed by atoms with Crippen molar-refractivity contribution in [3.8, 4) is 17.9 Å². The SMILES string of the molecule is CCCCC1=C(/C=C/c2ccc(N(CCCC)CCCC)cc2OC)CC(C)(C)C/C1=C\C=C\C1=C(C#N)C(=C(/C)C#N)/OC1(C)c1ccccc1. The van der Waals surface area contributed by atoms with E-state index in [1.807, 2.05) is 43.3 Å². The molecule has 5 heteroatoms. The van der Waals surface area contributed by atoms with Crippen molar-refractivity contribution >= 4 is 11.8 Å². The van der Waals surface area contributed by atoms with Crippen molar-refractivity contribution in [3.63, 3.8) is 0 Å². The molecule has 1 unspecified atom stereocenters. The fourth-order valence-electron chi connectivity index (χ4n) is 7.37. The highest BCUT2D eigenvalue weighted by Crippen LogP contribution is 2.48. The van der Waals surface area contributed by atoms with E-state index in [9.17, 15) is 10.5 Å². The Kier molecular flexibility index (Phi) is 14.4. The standard InChI is InChI=1S/C47H59N3O2/c1-9-12-22-41-37(19-18-23-43-42(34-49)45(35(4)33-48)52-47(43,7)39-20-16-15-17-21-39)31-46(5,6)32-38(41)25-24-36-26-27-40(30-44(36)51-8)50(28-13-10-2)29-14-11-3/h15-21,23-27,30H,9-14,22,28-29,31-32H2,1-8H3/b23-18+,25-24+,37-19+,45-35+. The number of rotatable bonds is 16. The van der Waals surface area contributed by atoms with Crippen LogP contribution in [0.4, 0.5) is 5.69 Å². The van der Waals surface area contributed by atoms with Gasteiger partial charge in [0.05, 0.1) is 18.8 Å². The summed E-state index contributed by atoms with van der Waals surface area (Å²) >= 11 is 0. The summed E-state index contributed by atoms with van der Waals surface area (Å²) in [5.74, 6) is 1.26. The molecule has 0 N–H and O–H groups in total. The van der Waals surface area contributed by atoms with Crippen molar-refractivity contribution in [1.29, 1.82) is 10.5 Å². The number of anilines is 1. The van der Waals surface area contributed by atoms with E-state index in [4.69, 9.17) is 9.47 Å². The molecule has 5 nitrogen and oxygen atoms in total. The molecule has 0 fully saturated rings. The average molecular weight is 698 g/mol. The molecule has 0 aromatic heterocycles. The lowest BCUT2D eigenvalue weighted by atomic mass is 9.70. The number of allylic oxidation sites excluding steroid dienone is 8. The Hall–Kier alpha value is -4.74. The van der Waals surface area contributed by atoms with Crippen molar-refractivity contribution in [3.05, 3.63) is 123 Å². The highest BCUT2D eigenvalue weighted by Gasteiger charge is 2.43. The van der Waals surface area contributed by atoms with Gasteiger partial charge in [-0.3, -0.25) is 0 Å². The summed E-state index contributed by atoms with van der Waals surface area (Å²) in [6.07, 6.45) is 20.8. The fourth-order valence-corrected chi connectivity index (χ4v) is 7.37. The first-order valence-electron chi connectivity index (χ1n) is 19.3. The van der Waals surface area contributed by atoms with Crippen LogP contribution in [0.3, 0.4) is 0 Å². The van der Waals surface area contributed by atoms with Gasteiger partial charge in [-0.2, -0.15) is 10.5 Å². The third-order valence-electron chi connectivity index (χ3n) is 10.3. The Bertz CT molecular complexity index is 1820. The second kappa shape index (κ2) is 18.7. The minimum absolute atomic E-state index is 0.0774. The van der Waals surface area contributed by atoms with E-state index in [1.165, 1.54) is 48.1 Å². The number of nitrogens with zero attached hydrogens (tertiary/aromatic N) is 3. The van der Waals surface area contributed by atoms with Gasteiger partial charge in [-0.15, -0.1) is 0 Å². The summed E-state index contributed by atoms with van der Waals surface area (Å²) in [7, 11) is 1.77. The van der Waals surface area contributed by atoms with Crippen molar-refractivity contribution in [1.82, 2.24) is 0 Å². The average Bonchev–Trinajstić information content (AvgIpc) is 3.45. The van der Waals surface area contributed by atoms with Crippen molar-refractivity contribution in [2.45, 2.75) is 112 Å². The lowest BCUT2D eigenvalue weighted by molar-refractivity contribution is 0.0750. The van der Waals surface area contributed by atoms with E-state index < -0.39 is 5.60 Å². The van der Waals surface area contributed by atoms with Gasteiger partial charge >= 0.3 is 0 Å². The highest BCUT2D eigenvalue weighted by molar-refractivity contribution is 5.66. The number of benzene rings is 2. The van der Waals surface area contributed by atoms with Gasteiger partial charge in [-0.25, -0.2) is 0 Å². The van der Waals surface area contributed by atoms with Crippen LogP contribution in [-0.2, 0) is 10.3 Å². The summed E-state index contributed by atoms with van der Waals surface area (Å²) in [4.78, 5) is 2.50. The van der Waals surface area contributed by atoms with E-state index >= 15 is 0 Å². The largest absolute Gasteiger partial charge is 0.496 e. The van der Waals surface area contributed by atoms with Crippen molar-refractivity contribution in [2.75, 3.05) is 25.1 Å². The zero-order chi connectivity index (χ0) is 37.7. The lowest BCUT2D eigenvalue weighted by Gasteiger charge is -2.34. The summed E-state index contributed by atoms with van der Waals surface area (Å²) in [6, 6.07) is 21.2. The summed E-state index contributed by atoms with van der Waals surface area (Å²) in [5.41, 5.74) is 8.10. The Balaban J connectivity index is 1.76. The molecule has 2 aliphatic rings. The molecule has 0 spiro atoms. The molecule has 0 amide bonds. The minimum atomic E-state index is -0.896. The van der Waals surface area contributed by atoms with Crippen LogP contribution >= 0.6 is 0 Å². The van der Waals surface area contributed by atoms with Crippen LogP contribution in [0.1, 0.15) is 117 Å². The molecular weight excluding hydrogens is 639 g/mol. The molecule has 1 aliphatic heterocycles. The quantitative estimate of drug-likeness (QED) is 0.163. The maximum absolute atomic E-state index is 10.3. The maximum Gasteiger partial charge on any atom is 0.158 e. The molecule has 2 aromatic carbocycles. The number of hydrogen-bond acceptors (Lipinski definition) is 5. The number of methoxy groups -OCH3 is 1. The third kappa shape index (κ3) is 9.57. The van der Waals surface area contributed by atoms with Crippen LogP contribution in [0.15, 0.2) is 112 Å². The van der Waals surface area contributed by atoms with E-state index in [2.05, 4.69) is 94.2 Å². The first-order valence-corrected chi connectivity index (χ1v) is 19.3. The predicted molar refractivity (Wildman–Crippen MR) is 217 cm³/mol. The number of unbranched alkanes of at least 4 members (excludes halogenated alkanes) is 3. The monoisotopic (exact) mass is 697 g/mol. The highest BCUT2D eigenvalue weighted by atomic mass is 16.5. The molecule has 1 aliphatic carbocycles. The zero-order valence-corrected chi connectivity index (χ0v) is 32.9. The number of nitriles is 2. The Labute approximate surface area is 314 Å². The first-order chi connectivity index (χ1) is 25.0. The van der Waals surface area contributed by atoms with E-state index in [0.717, 1.165) is 67.6 Å². The van der Waals surface area contributed by atoms with Gasteiger partial charge in [0, 0.05) is 36.0 Å². The normalized spacial score (nSPS) is 20.4. The van der Waals surface area contributed by atoms with Gasteiger partial charge in [-0.05, 0) is 92.2 Å². The molecule has 0 bridgehead atoms. The lowest BCUT2D eigenvalue weighted by Crippen LogP contribution is -2.25. The Morgan fingerprint density at radius 2 is 1.60 bits per heavy atom. The summed E-state index contributed by atoms with van der Waals surface area (Å²) in [5, 5.41) is 20.0. The number of ether oxygens (including phenoxy) is 2. The smallest absolute Gasteiger partial charge is 0.158 e. The zero-order valence-electron chi connectivity index (χ0n) is 32.9. The van der Waals surface area contributed by atoms with E-state index in [1.54, 1.807) is 14.0 Å². The second-order valence-corrected chi connectivity index (χ2v) is 15.1. The molecule has 52 heavy (non-hydrogen) atoms. The van der Waals surface area contributed by atoms with Crippen LogP contribution < -0.4 is 9.64 Å². The number of hydrogen-bond donors (Lipinski definition) is 0.